The molecular formula is C12H16BrNO2. The number of hydrogen-bond acceptors (Lipinski definition) is 2. The molecule has 0 bridgehead atoms. The van der Waals surface area contributed by atoms with E-state index in [9.17, 15) is 4.79 Å². The largest absolute Gasteiger partial charge is 0.478 e. The van der Waals surface area contributed by atoms with Crippen LogP contribution in [-0.4, -0.2) is 24.2 Å². The van der Waals surface area contributed by atoms with Crippen molar-refractivity contribution in [1.82, 2.24) is 0 Å². The summed E-state index contributed by atoms with van der Waals surface area (Å²) in [4.78, 5) is 13.0. The first-order valence-corrected chi connectivity index (χ1v) is 6.02. The Morgan fingerprint density at radius 2 is 2.19 bits per heavy atom. The Morgan fingerprint density at radius 3 is 2.62 bits per heavy atom. The zero-order chi connectivity index (χ0) is 12.3. The van der Waals surface area contributed by atoms with Gasteiger partial charge in [0.2, 0.25) is 0 Å². The summed E-state index contributed by atoms with van der Waals surface area (Å²) in [5.74, 6) is -0.912. The third-order valence-corrected chi connectivity index (χ3v) is 3.50. The van der Waals surface area contributed by atoms with Gasteiger partial charge >= 0.3 is 5.97 Å². The smallest absolute Gasteiger partial charge is 0.336 e. The standard InChI is InChI=1S/C12H16BrNO2/c1-4-8(2)14(3)9-5-6-10(12(15)16)11(13)7-9/h5-8H,4H2,1-3H3,(H,15,16). The topological polar surface area (TPSA) is 40.5 Å². The van der Waals surface area contributed by atoms with Crippen molar-refractivity contribution in [2.24, 2.45) is 0 Å². The first-order valence-electron chi connectivity index (χ1n) is 5.23. The van der Waals surface area contributed by atoms with Gasteiger partial charge in [0.15, 0.2) is 0 Å². The lowest BCUT2D eigenvalue weighted by molar-refractivity contribution is 0.0696. The molecule has 0 fully saturated rings. The number of halogens is 1. The van der Waals surface area contributed by atoms with Crippen LogP contribution in [0.5, 0.6) is 0 Å². The van der Waals surface area contributed by atoms with E-state index in [0.29, 0.717) is 16.1 Å². The van der Waals surface area contributed by atoms with Crippen LogP contribution >= 0.6 is 15.9 Å². The Morgan fingerprint density at radius 1 is 1.56 bits per heavy atom. The Kier molecular flexibility index (Phi) is 4.35. The predicted octanol–water partition coefficient (Wildman–Crippen LogP) is 3.38. The monoisotopic (exact) mass is 285 g/mol. The van der Waals surface area contributed by atoms with Crippen LogP contribution < -0.4 is 4.90 Å². The molecule has 3 nitrogen and oxygen atoms in total. The van der Waals surface area contributed by atoms with Crippen LogP contribution in [0.3, 0.4) is 0 Å². The van der Waals surface area contributed by atoms with Crippen LogP contribution in [0, 0.1) is 0 Å². The van der Waals surface area contributed by atoms with Crippen molar-refractivity contribution < 1.29 is 9.90 Å². The number of carboxylic acid groups (broad SMARTS) is 1. The maximum Gasteiger partial charge on any atom is 0.336 e. The molecule has 0 radical (unpaired) electrons. The number of anilines is 1. The molecule has 1 atom stereocenters. The van der Waals surface area contributed by atoms with Crippen molar-refractivity contribution in [2.75, 3.05) is 11.9 Å². The summed E-state index contributed by atoms with van der Waals surface area (Å²) < 4.78 is 0.618. The summed E-state index contributed by atoms with van der Waals surface area (Å²) in [6, 6.07) is 5.74. The fraction of sp³-hybridized carbons (Fsp3) is 0.417. The lowest BCUT2D eigenvalue weighted by Crippen LogP contribution is -2.27. The van der Waals surface area contributed by atoms with Gasteiger partial charge in [-0.05, 0) is 47.5 Å². The van der Waals surface area contributed by atoms with Crippen LogP contribution in [0.1, 0.15) is 30.6 Å². The van der Waals surface area contributed by atoms with Crippen LogP contribution in [-0.2, 0) is 0 Å². The minimum Gasteiger partial charge on any atom is -0.478 e. The van der Waals surface area contributed by atoms with Crippen molar-refractivity contribution in [3.05, 3.63) is 28.2 Å². The zero-order valence-corrected chi connectivity index (χ0v) is 11.3. The molecule has 0 aromatic heterocycles. The van der Waals surface area contributed by atoms with Crippen LogP contribution in [0.15, 0.2) is 22.7 Å². The van der Waals surface area contributed by atoms with E-state index in [1.54, 1.807) is 6.07 Å². The van der Waals surface area contributed by atoms with Gasteiger partial charge in [-0.2, -0.15) is 0 Å². The van der Waals surface area contributed by atoms with Gasteiger partial charge in [0.1, 0.15) is 0 Å². The number of aromatic carboxylic acids is 1. The number of carboxylic acids is 1. The van der Waals surface area contributed by atoms with E-state index in [4.69, 9.17) is 5.11 Å². The molecule has 1 unspecified atom stereocenters. The number of benzene rings is 1. The lowest BCUT2D eigenvalue weighted by Gasteiger charge is -2.26. The highest BCUT2D eigenvalue weighted by Crippen LogP contribution is 2.25. The van der Waals surface area contributed by atoms with E-state index in [1.165, 1.54) is 0 Å². The molecule has 0 saturated heterocycles. The summed E-state index contributed by atoms with van der Waals surface area (Å²) in [6.07, 6.45) is 1.05. The maximum atomic E-state index is 10.8. The summed E-state index contributed by atoms with van der Waals surface area (Å²) in [5, 5.41) is 8.91. The van der Waals surface area contributed by atoms with Crippen molar-refractivity contribution in [3.63, 3.8) is 0 Å². The van der Waals surface area contributed by atoms with Crippen molar-refractivity contribution >= 4 is 27.6 Å². The second kappa shape index (κ2) is 5.34. The van der Waals surface area contributed by atoms with Crippen molar-refractivity contribution in [3.8, 4) is 0 Å². The average Bonchev–Trinajstić information content (AvgIpc) is 2.26. The first kappa shape index (κ1) is 13.0. The summed E-state index contributed by atoms with van der Waals surface area (Å²) in [5.41, 5.74) is 1.31. The minimum absolute atomic E-state index is 0.293. The minimum atomic E-state index is -0.912. The molecule has 0 aliphatic heterocycles. The quantitative estimate of drug-likeness (QED) is 0.922. The van der Waals surface area contributed by atoms with Crippen LogP contribution in [0.25, 0.3) is 0 Å². The molecule has 1 N–H and O–H groups in total. The summed E-state index contributed by atoms with van der Waals surface area (Å²) in [6.45, 7) is 4.26. The highest BCUT2D eigenvalue weighted by atomic mass is 79.9. The molecular weight excluding hydrogens is 270 g/mol. The molecule has 0 aliphatic carbocycles. The fourth-order valence-electron chi connectivity index (χ4n) is 1.43. The third-order valence-electron chi connectivity index (χ3n) is 2.84. The number of carbonyl (C=O) groups is 1. The molecule has 0 amide bonds. The van der Waals surface area contributed by atoms with Gasteiger partial charge in [-0.15, -0.1) is 0 Å². The number of hydrogen-bond donors (Lipinski definition) is 1. The van der Waals surface area contributed by atoms with Gasteiger partial charge in [-0.25, -0.2) is 4.79 Å². The van der Waals surface area contributed by atoms with Gasteiger partial charge in [0, 0.05) is 23.2 Å². The van der Waals surface area contributed by atoms with E-state index in [-0.39, 0.29) is 0 Å². The average molecular weight is 286 g/mol. The third kappa shape index (κ3) is 2.76. The van der Waals surface area contributed by atoms with E-state index >= 15 is 0 Å². The second-order valence-electron chi connectivity index (χ2n) is 3.84. The van der Waals surface area contributed by atoms with Gasteiger partial charge < -0.3 is 10.0 Å². The number of nitrogens with zero attached hydrogens (tertiary/aromatic N) is 1. The van der Waals surface area contributed by atoms with Crippen molar-refractivity contribution in [2.45, 2.75) is 26.3 Å². The van der Waals surface area contributed by atoms with E-state index in [0.717, 1.165) is 12.1 Å². The first-order chi connectivity index (χ1) is 7.47. The van der Waals surface area contributed by atoms with Gasteiger partial charge in [0.05, 0.1) is 5.56 Å². The van der Waals surface area contributed by atoms with E-state index < -0.39 is 5.97 Å². The fourth-order valence-corrected chi connectivity index (χ4v) is 1.96. The Hall–Kier alpha value is -1.03. The highest BCUT2D eigenvalue weighted by Gasteiger charge is 2.12. The van der Waals surface area contributed by atoms with Crippen LogP contribution in [0.4, 0.5) is 5.69 Å². The van der Waals surface area contributed by atoms with E-state index in [2.05, 4.69) is 34.7 Å². The molecule has 1 aromatic carbocycles. The number of rotatable bonds is 4. The summed E-state index contributed by atoms with van der Waals surface area (Å²) in [7, 11) is 2.01. The molecule has 0 spiro atoms. The van der Waals surface area contributed by atoms with Crippen molar-refractivity contribution in [1.29, 1.82) is 0 Å². The molecule has 1 rings (SSSR count). The molecule has 0 heterocycles. The van der Waals surface area contributed by atoms with Gasteiger partial charge in [-0.3, -0.25) is 0 Å². The SMILES string of the molecule is CCC(C)N(C)c1ccc(C(=O)O)c(Br)c1. The molecule has 88 valence electrons. The molecule has 0 aliphatic rings. The second-order valence-corrected chi connectivity index (χ2v) is 4.69. The normalized spacial score (nSPS) is 12.2. The zero-order valence-electron chi connectivity index (χ0n) is 9.70. The predicted molar refractivity (Wildman–Crippen MR) is 69.3 cm³/mol. The van der Waals surface area contributed by atoms with Gasteiger partial charge in [-0.1, -0.05) is 6.92 Å². The van der Waals surface area contributed by atoms with Crippen LogP contribution in [0.2, 0.25) is 0 Å². The Labute approximate surface area is 104 Å². The Bertz CT molecular complexity index is 393. The molecule has 4 heteroatoms. The lowest BCUT2D eigenvalue weighted by atomic mass is 10.1. The van der Waals surface area contributed by atoms with Gasteiger partial charge in [0.25, 0.3) is 0 Å². The molecule has 16 heavy (non-hydrogen) atoms. The highest BCUT2D eigenvalue weighted by molar-refractivity contribution is 9.10. The molecule has 1 aromatic rings. The summed E-state index contributed by atoms with van der Waals surface area (Å²) >= 11 is 3.28. The maximum absolute atomic E-state index is 10.8. The Balaban J connectivity index is 3.01. The molecule has 0 saturated carbocycles. The van der Waals surface area contributed by atoms with E-state index in [1.807, 2.05) is 19.2 Å².